The molecule has 10 heteroatoms. The van der Waals surface area contributed by atoms with Crippen LogP contribution in [0.3, 0.4) is 0 Å². The standard InChI is InChI=1S/C64H40N6O4/c1-5-13-57-53(9-1)65-61(71-57)43-21-33-49(34-22-43)69(50-35-23-44(24-36-50)62-66-54-10-2-6-14-58(54)72-62)47-29-17-41(18-30-47)42-19-31-48(32-20-42)70(51-37-25-45(26-38-51)63-67-55-11-3-7-15-59(55)73-63)52-39-27-46(28-40-52)64-68-56-12-4-8-16-60(56)74-64/h1-40H. The summed E-state index contributed by atoms with van der Waals surface area (Å²) in [4.78, 5) is 23.4. The van der Waals surface area contributed by atoms with Crippen LogP contribution in [-0.4, -0.2) is 19.9 Å². The summed E-state index contributed by atoms with van der Waals surface area (Å²) in [6, 6.07) is 81.8. The second-order valence-corrected chi connectivity index (χ2v) is 17.9. The molecule has 0 radical (unpaired) electrons. The van der Waals surface area contributed by atoms with E-state index in [4.69, 9.17) is 37.6 Å². The van der Waals surface area contributed by atoms with E-state index in [-0.39, 0.29) is 0 Å². The first-order chi connectivity index (χ1) is 36.6. The Morgan fingerprint density at radius 3 is 0.595 bits per heavy atom. The highest BCUT2D eigenvalue weighted by atomic mass is 16.4. The summed E-state index contributed by atoms with van der Waals surface area (Å²) in [6.07, 6.45) is 0. The molecule has 0 amide bonds. The number of nitrogens with zero attached hydrogens (tertiary/aromatic N) is 6. The molecule has 0 N–H and O–H groups in total. The quantitative estimate of drug-likeness (QED) is 0.124. The van der Waals surface area contributed by atoms with E-state index in [1.165, 1.54) is 0 Å². The van der Waals surface area contributed by atoms with Crippen LogP contribution in [0, 0.1) is 0 Å². The van der Waals surface area contributed by atoms with Gasteiger partial charge in [0.2, 0.25) is 23.6 Å². The topological polar surface area (TPSA) is 111 Å². The lowest BCUT2D eigenvalue weighted by Gasteiger charge is -2.26. The van der Waals surface area contributed by atoms with Crippen molar-refractivity contribution in [1.29, 1.82) is 0 Å². The minimum Gasteiger partial charge on any atom is -0.436 e. The molecule has 10 aromatic carbocycles. The van der Waals surface area contributed by atoms with Crippen molar-refractivity contribution in [2.75, 3.05) is 9.80 Å². The Hall–Kier alpha value is -10.3. The third-order valence-electron chi connectivity index (χ3n) is 13.2. The Bertz CT molecular complexity index is 3640. The van der Waals surface area contributed by atoms with E-state index in [1.807, 2.05) is 97.1 Å². The highest BCUT2D eigenvalue weighted by Gasteiger charge is 2.19. The number of hydrogen-bond donors (Lipinski definition) is 0. The molecule has 10 nitrogen and oxygen atoms in total. The SMILES string of the molecule is c1ccc2oc(-c3ccc(N(c4ccc(-c5ccc(N(c6ccc(-c7nc8ccccc8o7)cc6)c6ccc(-c7nc8ccccc8o7)cc6)cc5)cc4)c4ccc(-c5nc6ccccc6o5)cc4)cc3)nc2c1. The maximum absolute atomic E-state index is 6.13. The first-order valence-electron chi connectivity index (χ1n) is 24.3. The van der Waals surface area contributed by atoms with Crippen molar-refractivity contribution < 1.29 is 17.7 Å². The van der Waals surface area contributed by atoms with Crippen LogP contribution < -0.4 is 9.80 Å². The lowest BCUT2D eigenvalue weighted by atomic mass is 10.0. The summed E-state index contributed by atoms with van der Waals surface area (Å²) in [5.41, 5.74) is 17.9. The molecule has 0 saturated heterocycles. The molecule has 0 aliphatic carbocycles. The lowest BCUT2D eigenvalue weighted by molar-refractivity contribution is 0.619. The van der Waals surface area contributed by atoms with E-state index >= 15 is 0 Å². The molecule has 0 aliphatic heterocycles. The average molecular weight is 957 g/mol. The van der Waals surface area contributed by atoms with Gasteiger partial charge in [-0.3, -0.25) is 0 Å². The molecule has 14 rings (SSSR count). The Balaban J connectivity index is 0.782. The van der Waals surface area contributed by atoms with Gasteiger partial charge in [0.15, 0.2) is 22.3 Å². The molecule has 0 bridgehead atoms. The molecule has 0 spiro atoms. The molecular formula is C64H40N6O4. The third-order valence-corrected chi connectivity index (χ3v) is 13.2. The van der Waals surface area contributed by atoms with Gasteiger partial charge in [0.25, 0.3) is 0 Å². The summed E-state index contributed by atoms with van der Waals surface area (Å²) in [5, 5.41) is 0. The van der Waals surface area contributed by atoms with E-state index in [2.05, 4.69) is 155 Å². The van der Waals surface area contributed by atoms with Crippen LogP contribution in [0.1, 0.15) is 0 Å². The average Bonchev–Trinajstić information content (AvgIpc) is 4.30. The zero-order valence-corrected chi connectivity index (χ0v) is 39.4. The van der Waals surface area contributed by atoms with Crippen molar-refractivity contribution in [3.63, 3.8) is 0 Å². The van der Waals surface area contributed by atoms with Crippen molar-refractivity contribution in [2.45, 2.75) is 0 Å². The fourth-order valence-electron chi connectivity index (χ4n) is 9.50. The van der Waals surface area contributed by atoms with Gasteiger partial charge in [0.1, 0.15) is 22.1 Å². The summed E-state index contributed by atoms with van der Waals surface area (Å²) >= 11 is 0. The van der Waals surface area contributed by atoms with Crippen LogP contribution in [0.15, 0.2) is 260 Å². The summed E-state index contributed by atoms with van der Waals surface area (Å²) in [7, 11) is 0. The lowest BCUT2D eigenvalue weighted by Crippen LogP contribution is -2.10. The second-order valence-electron chi connectivity index (χ2n) is 17.9. The van der Waals surface area contributed by atoms with Crippen LogP contribution >= 0.6 is 0 Å². The van der Waals surface area contributed by atoms with E-state index in [1.54, 1.807) is 0 Å². The van der Waals surface area contributed by atoms with Gasteiger partial charge in [-0.05, 0) is 181 Å². The minimum atomic E-state index is 0.578. The Morgan fingerprint density at radius 1 is 0.203 bits per heavy atom. The molecule has 0 atom stereocenters. The number of aromatic nitrogens is 4. The van der Waals surface area contributed by atoms with Gasteiger partial charge in [-0.2, -0.15) is 0 Å². The van der Waals surface area contributed by atoms with Gasteiger partial charge in [-0.15, -0.1) is 0 Å². The molecule has 350 valence electrons. The predicted octanol–water partition coefficient (Wildman–Crippen LogP) is 17.5. The van der Waals surface area contributed by atoms with E-state index in [9.17, 15) is 0 Å². The fourth-order valence-corrected chi connectivity index (χ4v) is 9.50. The Labute approximate surface area is 423 Å². The maximum Gasteiger partial charge on any atom is 0.227 e. The number of anilines is 6. The summed E-state index contributed by atoms with van der Waals surface area (Å²) in [5.74, 6) is 2.31. The van der Waals surface area contributed by atoms with Gasteiger partial charge in [0.05, 0.1) is 0 Å². The zero-order valence-electron chi connectivity index (χ0n) is 39.4. The van der Waals surface area contributed by atoms with Crippen LogP contribution in [0.4, 0.5) is 34.1 Å². The Morgan fingerprint density at radius 2 is 0.392 bits per heavy atom. The molecule has 14 aromatic rings. The summed E-state index contributed by atoms with van der Waals surface area (Å²) in [6.45, 7) is 0. The van der Waals surface area contributed by atoms with Gasteiger partial charge < -0.3 is 27.5 Å². The van der Waals surface area contributed by atoms with E-state index < -0.39 is 0 Å². The van der Waals surface area contributed by atoms with Gasteiger partial charge in [-0.25, -0.2) is 19.9 Å². The highest BCUT2D eigenvalue weighted by molar-refractivity contribution is 5.85. The monoisotopic (exact) mass is 956 g/mol. The minimum absolute atomic E-state index is 0.578. The second kappa shape index (κ2) is 17.8. The number of hydrogen-bond acceptors (Lipinski definition) is 10. The zero-order chi connectivity index (χ0) is 49.0. The number of rotatable bonds is 11. The molecule has 4 aromatic heterocycles. The number of para-hydroxylation sites is 8. The smallest absolute Gasteiger partial charge is 0.227 e. The highest BCUT2D eigenvalue weighted by Crippen LogP contribution is 2.41. The molecule has 0 aliphatic rings. The van der Waals surface area contributed by atoms with Crippen molar-refractivity contribution >= 4 is 78.5 Å². The fraction of sp³-hybridized carbons (Fsp3) is 0. The van der Waals surface area contributed by atoms with Gasteiger partial charge in [-0.1, -0.05) is 72.8 Å². The van der Waals surface area contributed by atoms with E-state index in [0.717, 1.165) is 112 Å². The number of fused-ring (bicyclic) bond motifs is 4. The van der Waals surface area contributed by atoms with Crippen LogP contribution in [-0.2, 0) is 0 Å². The molecule has 4 heterocycles. The molecule has 74 heavy (non-hydrogen) atoms. The molecule has 0 fully saturated rings. The first-order valence-corrected chi connectivity index (χ1v) is 24.3. The van der Waals surface area contributed by atoms with Gasteiger partial charge in [0, 0.05) is 56.4 Å². The summed E-state index contributed by atoms with van der Waals surface area (Å²) < 4.78 is 24.5. The van der Waals surface area contributed by atoms with Crippen molar-refractivity contribution in [2.24, 2.45) is 0 Å². The molecule has 0 unspecified atom stereocenters. The normalized spacial score (nSPS) is 11.5. The Kier molecular flexibility index (Phi) is 10.2. The number of oxazole rings is 4. The molecular weight excluding hydrogens is 917 g/mol. The van der Waals surface area contributed by atoms with Crippen molar-refractivity contribution in [3.05, 3.63) is 243 Å². The van der Waals surface area contributed by atoms with Crippen molar-refractivity contribution in [3.8, 4) is 56.9 Å². The maximum atomic E-state index is 6.13. The largest absolute Gasteiger partial charge is 0.436 e. The van der Waals surface area contributed by atoms with Crippen LogP contribution in [0.5, 0.6) is 0 Å². The van der Waals surface area contributed by atoms with Gasteiger partial charge >= 0.3 is 0 Å². The third kappa shape index (κ3) is 7.89. The number of benzene rings is 10. The van der Waals surface area contributed by atoms with Crippen LogP contribution in [0.2, 0.25) is 0 Å². The van der Waals surface area contributed by atoms with Crippen molar-refractivity contribution in [1.82, 2.24) is 19.9 Å². The predicted molar refractivity (Wildman–Crippen MR) is 293 cm³/mol. The van der Waals surface area contributed by atoms with Crippen LogP contribution in [0.25, 0.3) is 101 Å². The first kappa shape index (κ1) is 42.5. The van der Waals surface area contributed by atoms with E-state index in [0.29, 0.717) is 23.6 Å². The molecule has 0 saturated carbocycles.